The molecule has 6 heteroatoms. The van der Waals surface area contributed by atoms with E-state index in [1.54, 1.807) is 0 Å². The van der Waals surface area contributed by atoms with E-state index in [1.807, 2.05) is 0 Å². The maximum absolute atomic E-state index is 12.9. The van der Waals surface area contributed by atoms with Crippen molar-refractivity contribution in [2.45, 2.75) is 271 Å². The van der Waals surface area contributed by atoms with Crippen LogP contribution in [0, 0.1) is 0 Å². The first kappa shape index (κ1) is 68.8. The van der Waals surface area contributed by atoms with Crippen LogP contribution in [0.3, 0.4) is 0 Å². The number of carbonyl (C=O) groups excluding carboxylic acids is 3. The summed E-state index contributed by atoms with van der Waals surface area (Å²) in [5.74, 6) is -1.01. The summed E-state index contributed by atoms with van der Waals surface area (Å²) in [5, 5.41) is 0. The second-order valence-electron chi connectivity index (χ2n) is 19.5. The van der Waals surface area contributed by atoms with Crippen molar-refractivity contribution < 1.29 is 28.6 Å². The Morgan fingerprint density at radius 3 is 0.836 bits per heavy atom. The molecule has 0 spiro atoms. The molecule has 0 rings (SSSR count). The van der Waals surface area contributed by atoms with Gasteiger partial charge in [-0.15, -0.1) is 0 Å². The fourth-order valence-corrected chi connectivity index (χ4v) is 7.86. The lowest BCUT2D eigenvalue weighted by Gasteiger charge is -2.18. The molecule has 73 heavy (non-hydrogen) atoms. The van der Waals surface area contributed by atoms with Crippen molar-refractivity contribution in [2.75, 3.05) is 13.2 Å². The molecule has 0 saturated heterocycles. The zero-order valence-electron chi connectivity index (χ0n) is 47.4. The Kier molecular flexibility index (Phi) is 56.9. The van der Waals surface area contributed by atoms with Crippen molar-refractivity contribution in [3.8, 4) is 0 Å². The number of esters is 3. The molecule has 0 aliphatic carbocycles. The molecule has 0 bridgehead atoms. The van der Waals surface area contributed by atoms with E-state index in [-0.39, 0.29) is 44.0 Å². The molecule has 0 N–H and O–H groups in total. The lowest BCUT2D eigenvalue weighted by atomic mass is 10.1. The summed E-state index contributed by atoms with van der Waals surface area (Å²) in [6.45, 7) is 6.48. The lowest BCUT2D eigenvalue weighted by molar-refractivity contribution is -0.167. The number of allylic oxidation sites excluding steroid dienone is 20. The van der Waals surface area contributed by atoms with Crippen LogP contribution in [0.1, 0.15) is 265 Å². The fraction of sp³-hybridized carbons (Fsp3) is 0.657. The molecule has 0 fully saturated rings. The minimum atomic E-state index is -0.823. The molecule has 414 valence electrons. The summed E-state index contributed by atoms with van der Waals surface area (Å²) < 4.78 is 16.8. The Bertz CT molecular complexity index is 1540. The van der Waals surface area contributed by atoms with Gasteiger partial charge in [-0.2, -0.15) is 0 Å². The monoisotopic (exact) mass is 1010 g/mol. The topological polar surface area (TPSA) is 78.9 Å². The smallest absolute Gasteiger partial charge is 0.306 e. The summed E-state index contributed by atoms with van der Waals surface area (Å²) in [5.41, 5.74) is 0. The molecule has 0 heterocycles. The average molecular weight is 1010 g/mol. The van der Waals surface area contributed by atoms with Crippen LogP contribution in [-0.4, -0.2) is 37.2 Å². The Labute approximate surface area is 450 Å². The fourth-order valence-electron chi connectivity index (χ4n) is 7.86. The van der Waals surface area contributed by atoms with Crippen molar-refractivity contribution in [1.82, 2.24) is 0 Å². The predicted molar refractivity (Wildman–Crippen MR) is 316 cm³/mol. The van der Waals surface area contributed by atoms with E-state index in [9.17, 15) is 14.4 Å². The minimum absolute atomic E-state index is 0.113. The minimum Gasteiger partial charge on any atom is -0.462 e. The third-order valence-corrected chi connectivity index (χ3v) is 12.4. The number of carbonyl (C=O) groups is 3. The molecule has 0 unspecified atom stereocenters. The molecule has 0 aromatic rings. The van der Waals surface area contributed by atoms with Crippen molar-refractivity contribution in [1.29, 1.82) is 0 Å². The van der Waals surface area contributed by atoms with Gasteiger partial charge in [-0.1, -0.05) is 232 Å². The maximum atomic E-state index is 12.9. The highest BCUT2D eigenvalue weighted by molar-refractivity contribution is 5.71. The number of hydrogen-bond acceptors (Lipinski definition) is 6. The van der Waals surface area contributed by atoms with E-state index in [4.69, 9.17) is 14.2 Å². The van der Waals surface area contributed by atoms with Gasteiger partial charge >= 0.3 is 17.9 Å². The van der Waals surface area contributed by atoms with Gasteiger partial charge in [-0.05, 0) is 135 Å². The van der Waals surface area contributed by atoms with Gasteiger partial charge in [0.15, 0.2) is 6.10 Å². The third kappa shape index (κ3) is 58.6. The quantitative estimate of drug-likeness (QED) is 0.0261. The molecule has 0 aromatic heterocycles. The summed E-state index contributed by atoms with van der Waals surface area (Å²) >= 11 is 0. The van der Waals surface area contributed by atoms with Crippen LogP contribution in [0.15, 0.2) is 122 Å². The number of unbranched alkanes of at least 4 members (excludes halogenated alkanes) is 22. The molecule has 0 radical (unpaired) electrons. The SMILES string of the molecule is CCCCC/C=C\C/C=C\C/C=C\C/C=C\CCCCCC(=O)O[C@@H](COC(=O)CCC/C=C\C/C=C\C/C=C\C/C=C\CCCCC)COC(=O)CCCCCCCCCCC/C=C\C/C=C\CCCCC. The van der Waals surface area contributed by atoms with Gasteiger partial charge in [-0.25, -0.2) is 0 Å². The van der Waals surface area contributed by atoms with Crippen molar-refractivity contribution in [2.24, 2.45) is 0 Å². The molecular weight excluding hydrogens is 901 g/mol. The highest BCUT2D eigenvalue weighted by atomic mass is 16.6. The molecule has 0 amide bonds. The van der Waals surface area contributed by atoms with E-state index >= 15 is 0 Å². The second kappa shape index (κ2) is 60.4. The Morgan fingerprint density at radius 1 is 0.274 bits per heavy atom. The van der Waals surface area contributed by atoms with Crippen LogP contribution in [0.2, 0.25) is 0 Å². The predicted octanol–water partition coefficient (Wildman–Crippen LogP) is 20.4. The van der Waals surface area contributed by atoms with Gasteiger partial charge in [0.25, 0.3) is 0 Å². The van der Waals surface area contributed by atoms with Crippen molar-refractivity contribution in [3.63, 3.8) is 0 Å². The zero-order valence-corrected chi connectivity index (χ0v) is 47.4. The van der Waals surface area contributed by atoms with Crippen LogP contribution >= 0.6 is 0 Å². The van der Waals surface area contributed by atoms with Crippen LogP contribution in [0.5, 0.6) is 0 Å². The highest BCUT2D eigenvalue weighted by Crippen LogP contribution is 2.14. The first-order chi connectivity index (χ1) is 36.0. The molecule has 0 saturated carbocycles. The largest absolute Gasteiger partial charge is 0.462 e. The van der Waals surface area contributed by atoms with E-state index in [1.165, 1.54) is 122 Å². The summed E-state index contributed by atoms with van der Waals surface area (Å²) in [6.07, 6.45) is 83.3. The summed E-state index contributed by atoms with van der Waals surface area (Å²) in [7, 11) is 0. The third-order valence-electron chi connectivity index (χ3n) is 12.4. The molecule has 1 atom stereocenters. The number of rotatable bonds is 53. The second-order valence-corrected chi connectivity index (χ2v) is 19.5. The van der Waals surface area contributed by atoms with Crippen LogP contribution in [0.25, 0.3) is 0 Å². The Morgan fingerprint density at radius 2 is 0.507 bits per heavy atom. The van der Waals surface area contributed by atoms with Crippen molar-refractivity contribution in [3.05, 3.63) is 122 Å². The molecule has 0 aromatic carbocycles. The van der Waals surface area contributed by atoms with E-state index < -0.39 is 6.10 Å². The normalized spacial score (nSPS) is 13.0. The van der Waals surface area contributed by atoms with Gasteiger partial charge in [0, 0.05) is 19.3 Å². The Hall–Kier alpha value is -4.19. The van der Waals surface area contributed by atoms with Crippen LogP contribution in [-0.2, 0) is 28.6 Å². The van der Waals surface area contributed by atoms with E-state index in [2.05, 4.69) is 142 Å². The van der Waals surface area contributed by atoms with Crippen molar-refractivity contribution >= 4 is 17.9 Å². The first-order valence-electron chi connectivity index (χ1n) is 30.0. The maximum Gasteiger partial charge on any atom is 0.306 e. The highest BCUT2D eigenvalue weighted by Gasteiger charge is 2.19. The van der Waals surface area contributed by atoms with Gasteiger partial charge in [-0.3, -0.25) is 14.4 Å². The molecular formula is C67H110O6. The summed E-state index contributed by atoms with van der Waals surface area (Å²) in [4.78, 5) is 38.2. The van der Waals surface area contributed by atoms with Gasteiger partial charge < -0.3 is 14.2 Å². The first-order valence-corrected chi connectivity index (χ1v) is 30.0. The standard InChI is InChI=1S/C67H110O6/c1-4-7-10-13-16-19-22-25-28-31-33-36-39-42-45-48-51-54-57-60-66(69)72-63-64(62-71-65(68)59-56-53-50-47-44-41-38-35-30-27-24-21-18-15-12-9-6-3)73-67(70)61-58-55-52-49-46-43-40-37-34-32-29-26-23-20-17-14-11-8-5-2/h16-21,25-30,34,37-38,41,43,46-47,50,64H,4-15,22-24,31-33,35-36,39-40,42,44-45,48-49,51-63H2,1-3H3/b19-16-,20-17-,21-18-,28-25-,29-26-,30-27-,37-34-,41-38-,46-43-,50-47-/t64-/m0/s1. The van der Waals surface area contributed by atoms with E-state index in [0.29, 0.717) is 19.3 Å². The summed E-state index contributed by atoms with van der Waals surface area (Å²) in [6, 6.07) is 0. The van der Waals surface area contributed by atoms with E-state index in [0.717, 1.165) is 89.9 Å². The molecule has 0 aliphatic heterocycles. The zero-order chi connectivity index (χ0) is 52.9. The van der Waals surface area contributed by atoms with Crippen LogP contribution < -0.4 is 0 Å². The average Bonchev–Trinajstić information content (AvgIpc) is 3.39. The van der Waals surface area contributed by atoms with Gasteiger partial charge in [0.2, 0.25) is 0 Å². The number of ether oxygens (including phenoxy) is 3. The van der Waals surface area contributed by atoms with Crippen LogP contribution in [0.4, 0.5) is 0 Å². The molecule has 6 nitrogen and oxygen atoms in total. The lowest BCUT2D eigenvalue weighted by Crippen LogP contribution is -2.30. The molecule has 0 aliphatic rings. The van der Waals surface area contributed by atoms with Gasteiger partial charge in [0.1, 0.15) is 13.2 Å². The Balaban J connectivity index is 4.55. The number of hydrogen-bond donors (Lipinski definition) is 0. The van der Waals surface area contributed by atoms with Gasteiger partial charge in [0.05, 0.1) is 0 Å².